The first-order valence-electron chi connectivity index (χ1n) is 11.5. The summed E-state index contributed by atoms with van der Waals surface area (Å²) >= 11 is 5.98. The quantitative estimate of drug-likeness (QED) is 0.347. The molecule has 0 bridgehead atoms. The molecule has 1 heterocycles. The van der Waals surface area contributed by atoms with Crippen molar-refractivity contribution >= 4 is 41.0 Å². The van der Waals surface area contributed by atoms with Gasteiger partial charge >= 0.3 is 5.97 Å². The Morgan fingerprint density at radius 2 is 1.64 bits per heavy atom. The molecule has 8 heteroatoms. The smallest absolute Gasteiger partial charge is 0.337 e. The van der Waals surface area contributed by atoms with Gasteiger partial charge in [0.05, 0.1) is 37.2 Å². The fourth-order valence-corrected chi connectivity index (χ4v) is 4.51. The van der Waals surface area contributed by atoms with E-state index in [-0.39, 0.29) is 18.7 Å². The minimum absolute atomic E-state index is 0.0557. The number of imide groups is 1. The summed E-state index contributed by atoms with van der Waals surface area (Å²) in [6.07, 6.45) is -0.0821. The second kappa shape index (κ2) is 10.7. The Labute approximate surface area is 214 Å². The summed E-state index contributed by atoms with van der Waals surface area (Å²) in [5, 5.41) is 0.561. The van der Waals surface area contributed by atoms with E-state index >= 15 is 0 Å². The minimum Gasteiger partial charge on any atom is -0.465 e. The van der Waals surface area contributed by atoms with E-state index in [1.807, 2.05) is 37.3 Å². The molecule has 0 saturated carbocycles. The molecule has 1 aliphatic heterocycles. The second-order valence-electron chi connectivity index (χ2n) is 8.52. The topological polar surface area (TPSA) is 84.0 Å². The molecule has 184 valence electrons. The van der Waals surface area contributed by atoms with Crippen LogP contribution in [0.5, 0.6) is 0 Å². The predicted octanol–water partition coefficient (Wildman–Crippen LogP) is 4.59. The van der Waals surface area contributed by atoms with E-state index in [0.29, 0.717) is 16.3 Å². The number of nitrogens with zero attached hydrogens (tertiary/aromatic N) is 2. The number of benzene rings is 3. The lowest BCUT2D eigenvalue weighted by Gasteiger charge is -2.34. The summed E-state index contributed by atoms with van der Waals surface area (Å²) in [5.74, 6) is -1.70. The van der Waals surface area contributed by atoms with Crippen LogP contribution in [0.3, 0.4) is 0 Å². The number of esters is 1. The van der Waals surface area contributed by atoms with Crippen LogP contribution in [0, 0.1) is 0 Å². The Balaban J connectivity index is 1.65. The third-order valence-corrected chi connectivity index (χ3v) is 6.51. The van der Waals surface area contributed by atoms with Gasteiger partial charge < -0.3 is 9.64 Å². The third kappa shape index (κ3) is 5.16. The van der Waals surface area contributed by atoms with E-state index in [4.69, 9.17) is 16.3 Å². The van der Waals surface area contributed by atoms with Gasteiger partial charge in [0.25, 0.3) is 5.91 Å². The molecule has 1 aliphatic rings. The summed E-state index contributed by atoms with van der Waals surface area (Å²) < 4.78 is 4.70. The van der Waals surface area contributed by atoms with Crippen molar-refractivity contribution in [1.82, 2.24) is 4.90 Å². The van der Waals surface area contributed by atoms with Crippen LogP contribution in [-0.2, 0) is 25.5 Å². The maximum absolute atomic E-state index is 13.6. The molecule has 3 aromatic carbocycles. The number of hydrogen-bond donors (Lipinski definition) is 0. The average Bonchev–Trinajstić information content (AvgIpc) is 3.18. The van der Waals surface area contributed by atoms with Gasteiger partial charge in [0.1, 0.15) is 6.04 Å². The van der Waals surface area contributed by atoms with E-state index in [1.165, 1.54) is 36.3 Å². The van der Waals surface area contributed by atoms with Gasteiger partial charge in [0.2, 0.25) is 11.8 Å². The molecule has 2 unspecified atom stereocenters. The van der Waals surface area contributed by atoms with Crippen LogP contribution < -0.4 is 4.90 Å². The molecule has 0 aliphatic carbocycles. The largest absolute Gasteiger partial charge is 0.465 e. The normalized spacial score (nSPS) is 16.1. The van der Waals surface area contributed by atoms with E-state index in [2.05, 4.69) is 0 Å². The standard InChI is InChI=1S/C28H25ClN2O5/c1-18(20-6-4-3-5-7-20)30(25(32)16-19-8-12-22(29)13-9-19)24-17-26(33)31(27(24)34)23-14-10-21(11-15-23)28(35)36-2/h3-15,18,24H,16-17H2,1-2H3. The molecule has 0 radical (unpaired) electrons. The number of methoxy groups -OCH3 is 1. The van der Waals surface area contributed by atoms with E-state index in [1.54, 1.807) is 24.3 Å². The van der Waals surface area contributed by atoms with E-state index in [9.17, 15) is 19.2 Å². The van der Waals surface area contributed by atoms with Crippen LogP contribution >= 0.6 is 11.6 Å². The summed E-state index contributed by atoms with van der Waals surface area (Å²) in [7, 11) is 1.28. The molecule has 0 N–H and O–H groups in total. The molecule has 36 heavy (non-hydrogen) atoms. The van der Waals surface area contributed by atoms with Crippen molar-refractivity contribution in [2.45, 2.75) is 31.8 Å². The molecule has 4 rings (SSSR count). The fourth-order valence-electron chi connectivity index (χ4n) is 4.39. The Morgan fingerprint density at radius 1 is 1.00 bits per heavy atom. The van der Waals surface area contributed by atoms with E-state index < -0.39 is 29.9 Å². The fraction of sp³-hybridized carbons (Fsp3) is 0.214. The predicted molar refractivity (Wildman–Crippen MR) is 136 cm³/mol. The van der Waals surface area contributed by atoms with Gasteiger partial charge in [-0.2, -0.15) is 0 Å². The molecule has 1 saturated heterocycles. The van der Waals surface area contributed by atoms with Gasteiger partial charge in [-0.05, 0) is 54.4 Å². The summed E-state index contributed by atoms with van der Waals surface area (Å²) in [6.45, 7) is 1.85. The lowest BCUT2D eigenvalue weighted by Crippen LogP contribution is -2.47. The Kier molecular flexibility index (Phi) is 7.50. The van der Waals surface area contributed by atoms with Crippen molar-refractivity contribution < 1.29 is 23.9 Å². The van der Waals surface area contributed by atoms with Crippen molar-refractivity contribution in [3.63, 3.8) is 0 Å². The zero-order valence-corrected chi connectivity index (χ0v) is 20.6. The molecule has 0 spiro atoms. The Hall–Kier alpha value is -3.97. The van der Waals surface area contributed by atoms with Crippen molar-refractivity contribution in [2.24, 2.45) is 0 Å². The van der Waals surface area contributed by atoms with Gasteiger partial charge in [-0.25, -0.2) is 9.69 Å². The van der Waals surface area contributed by atoms with Crippen molar-refractivity contribution in [2.75, 3.05) is 12.0 Å². The van der Waals surface area contributed by atoms with Crippen LogP contribution in [-0.4, -0.2) is 41.7 Å². The van der Waals surface area contributed by atoms with Crippen LogP contribution in [0.15, 0.2) is 78.9 Å². The summed E-state index contributed by atoms with van der Waals surface area (Å²) in [6, 6.07) is 20.9. The zero-order chi connectivity index (χ0) is 25.8. The first kappa shape index (κ1) is 25.1. The van der Waals surface area contributed by atoms with Gasteiger partial charge in [-0.1, -0.05) is 54.1 Å². The summed E-state index contributed by atoms with van der Waals surface area (Å²) in [4.78, 5) is 54.5. The third-order valence-electron chi connectivity index (χ3n) is 6.26. The van der Waals surface area contributed by atoms with Gasteiger partial charge in [0, 0.05) is 5.02 Å². The Morgan fingerprint density at radius 3 is 2.25 bits per heavy atom. The Bertz CT molecular complexity index is 1280. The highest BCUT2D eigenvalue weighted by molar-refractivity contribution is 6.30. The first-order chi connectivity index (χ1) is 17.3. The van der Waals surface area contributed by atoms with Crippen molar-refractivity contribution in [3.8, 4) is 0 Å². The number of ether oxygens (including phenoxy) is 1. The molecular formula is C28H25ClN2O5. The maximum atomic E-state index is 13.6. The molecule has 0 aromatic heterocycles. The first-order valence-corrected chi connectivity index (χ1v) is 11.8. The number of carbonyl (C=O) groups excluding carboxylic acids is 4. The number of amides is 3. The SMILES string of the molecule is COC(=O)c1ccc(N2C(=O)CC(N(C(=O)Cc3ccc(Cl)cc3)C(C)c3ccccc3)C2=O)cc1. The highest BCUT2D eigenvalue weighted by Gasteiger charge is 2.46. The highest BCUT2D eigenvalue weighted by atomic mass is 35.5. The van der Waals surface area contributed by atoms with Crippen LogP contribution in [0.2, 0.25) is 5.02 Å². The van der Waals surface area contributed by atoms with E-state index in [0.717, 1.165) is 16.0 Å². The van der Waals surface area contributed by atoms with Gasteiger partial charge in [-0.3, -0.25) is 14.4 Å². The van der Waals surface area contributed by atoms with Crippen molar-refractivity contribution in [3.05, 3.63) is 101 Å². The molecule has 3 amide bonds. The number of hydrogen-bond acceptors (Lipinski definition) is 5. The molecule has 3 aromatic rings. The average molecular weight is 505 g/mol. The molecule has 2 atom stereocenters. The molecule has 7 nitrogen and oxygen atoms in total. The second-order valence-corrected chi connectivity index (χ2v) is 8.95. The van der Waals surface area contributed by atoms with Gasteiger partial charge in [-0.15, -0.1) is 0 Å². The van der Waals surface area contributed by atoms with Crippen LogP contribution in [0.4, 0.5) is 5.69 Å². The molecular weight excluding hydrogens is 480 g/mol. The number of halogens is 1. The van der Waals surface area contributed by atoms with Crippen molar-refractivity contribution in [1.29, 1.82) is 0 Å². The number of carbonyl (C=O) groups is 4. The highest BCUT2D eigenvalue weighted by Crippen LogP contribution is 2.32. The minimum atomic E-state index is -0.965. The zero-order valence-electron chi connectivity index (χ0n) is 19.9. The summed E-state index contributed by atoms with van der Waals surface area (Å²) in [5.41, 5.74) is 2.23. The maximum Gasteiger partial charge on any atom is 0.337 e. The molecule has 1 fully saturated rings. The van der Waals surface area contributed by atoms with Crippen LogP contribution in [0.1, 0.15) is 40.9 Å². The number of anilines is 1. The van der Waals surface area contributed by atoms with Gasteiger partial charge in [0.15, 0.2) is 0 Å². The lowest BCUT2D eigenvalue weighted by atomic mass is 10.0. The van der Waals surface area contributed by atoms with Crippen LogP contribution in [0.25, 0.3) is 0 Å². The monoisotopic (exact) mass is 504 g/mol. The number of rotatable bonds is 7. The lowest BCUT2D eigenvalue weighted by molar-refractivity contribution is -0.140.